The lowest BCUT2D eigenvalue weighted by Gasteiger charge is -2.08. The van der Waals surface area contributed by atoms with Gasteiger partial charge in [0.1, 0.15) is 18.2 Å². The van der Waals surface area contributed by atoms with Crippen LogP contribution in [0.25, 0.3) is 0 Å². The lowest BCUT2D eigenvalue weighted by molar-refractivity contribution is 0.295. The molecule has 1 heterocycles. The predicted octanol–water partition coefficient (Wildman–Crippen LogP) is 2.71. The summed E-state index contributed by atoms with van der Waals surface area (Å²) in [7, 11) is 1.84. The first kappa shape index (κ1) is 12.4. The first-order valence-electron chi connectivity index (χ1n) is 5.89. The lowest BCUT2D eigenvalue weighted by atomic mass is 10.2. The highest BCUT2D eigenvalue weighted by atomic mass is 16.5. The van der Waals surface area contributed by atoms with Crippen LogP contribution < -0.4 is 10.1 Å². The summed E-state index contributed by atoms with van der Waals surface area (Å²) in [6.45, 7) is 4.35. The Morgan fingerprint density at radius 1 is 1.17 bits per heavy atom. The largest absolute Gasteiger partial charge is 0.486 e. The van der Waals surface area contributed by atoms with Crippen LogP contribution in [0.2, 0.25) is 0 Å². The smallest absolute Gasteiger partial charge is 0.168 e. The molecule has 0 spiro atoms. The van der Waals surface area contributed by atoms with Crippen molar-refractivity contribution in [2.45, 2.75) is 20.5 Å². The number of benzene rings is 1. The molecule has 4 nitrogen and oxygen atoms in total. The van der Waals surface area contributed by atoms with Crippen LogP contribution in [0, 0.1) is 13.8 Å². The molecule has 0 radical (unpaired) electrons. The van der Waals surface area contributed by atoms with Gasteiger partial charge in [0.05, 0.1) is 0 Å². The fraction of sp³-hybridized carbons (Fsp3) is 0.286. The number of hydrogen-bond donors (Lipinski definition) is 1. The number of anilines is 1. The summed E-state index contributed by atoms with van der Waals surface area (Å²) < 4.78 is 5.67. The molecule has 18 heavy (non-hydrogen) atoms. The van der Waals surface area contributed by atoms with E-state index in [-0.39, 0.29) is 0 Å². The number of ether oxygens (including phenoxy) is 1. The summed E-state index contributed by atoms with van der Waals surface area (Å²) in [4.78, 5) is 8.69. The third kappa shape index (κ3) is 3.20. The van der Waals surface area contributed by atoms with E-state index in [2.05, 4.69) is 15.3 Å². The molecule has 0 aliphatic heterocycles. The standard InChI is InChI=1S/C14H17N3O/c1-10-5-4-6-12(7-10)18-9-14-16-11(2)8-13(15-3)17-14/h4-8H,9H2,1-3H3,(H,15,16,17). The monoisotopic (exact) mass is 243 g/mol. The topological polar surface area (TPSA) is 47.0 Å². The van der Waals surface area contributed by atoms with Crippen LogP contribution in [0.4, 0.5) is 5.82 Å². The summed E-state index contributed by atoms with van der Waals surface area (Å²) in [5.41, 5.74) is 2.10. The fourth-order valence-corrected chi connectivity index (χ4v) is 1.68. The van der Waals surface area contributed by atoms with E-state index < -0.39 is 0 Å². The molecule has 0 aliphatic carbocycles. The van der Waals surface area contributed by atoms with Gasteiger partial charge in [0.2, 0.25) is 0 Å². The van der Waals surface area contributed by atoms with Crippen molar-refractivity contribution in [3.8, 4) is 5.75 Å². The molecule has 1 N–H and O–H groups in total. The van der Waals surface area contributed by atoms with Gasteiger partial charge in [0.15, 0.2) is 5.82 Å². The number of nitrogens with one attached hydrogen (secondary N) is 1. The molecule has 0 bridgehead atoms. The van der Waals surface area contributed by atoms with Gasteiger partial charge in [0.25, 0.3) is 0 Å². The molecule has 0 saturated carbocycles. The van der Waals surface area contributed by atoms with Crippen molar-refractivity contribution in [1.82, 2.24) is 9.97 Å². The molecule has 2 aromatic rings. The predicted molar refractivity (Wildman–Crippen MR) is 71.8 cm³/mol. The maximum absolute atomic E-state index is 5.67. The molecule has 1 aromatic carbocycles. The second kappa shape index (κ2) is 5.49. The average molecular weight is 243 g/mol. The molecule has 2 rings (SSSR count). The van der Waals surface area contributed by atoms with Gasteiger partial charge in [-0.25, -0.2) is 9.97 Å². The minimum absolute atomic E-state index is 0.375. The second-order valence-electron chi connectivity index (χ2n) is 4.17. The van der Waals surface area contributed by atoms with Crippen LogP contribution in [0.1, 0.15) is 17.1 Å². The molecular weight excluding hydrogens is 226 g/mol. The van der Waals surface area contributed by atoms with E-state index in [1.54, 1.807) is 0 Å². The van der Waals surface area contributed by atoms with Crippen LogP contribution in [-0.4, -0.2) is 17.0 Å². The summed E-state index contributed by atoms with van der Waals surface area (Å²) >= 11 is 0. The van der Waals surface area contributed by atoms with Gasteiger partial charge in [-0.1, -0.05) is 12.1 Å². The number of nitrogens with zero attached hydrogens (tertiary/aromatic N) is 2. The Labute approximate surface area is 107 Å². The Morgan fingerprint density at radius 2 is 2.00 bits per heavy atom. The Hall–Kier alpha value is -2.10. The van der Waals surface area contributed by atoms with E-state index in [0.717, 1.165) is 17.3 Å². The normalized spacial score (nSPS) is 10.2. The van der Waals surface area contributed by atoms with Crippen molar-refractivity contribution in [2.24, 2.45) is 0 Å². The van der Waals surface area contributed by atoms with Gasteiger partial charge in [-0.2, -0.15) is 0 Å². The van der Waals surface area contributed by atoms with E-state index >= 15 is 0 Å². The van der Waals surface area contributed by atoms with Gasteiger partial charge in [-0.05, 0) is 31.5 Å². The average Bonchev–Trinajstić information content (AvgIpc) is 2.36. The minimum atomic E-state index is 0.375. The third-order valence-corrected chi connectivity index (χ3v) is 2.51. The molecule has 0 fully saturated rings. The van der Waals surface area contributed by atoms with Gasteiger partial charge in [-0.3, -0.25) is 0 Å². The van der Waals surface area contributed by atoms with Crippen LogP contribution in [0.3, 0.4) is 0 Å². The highest BCUT2D eigenvalue weighted by molar-refractivity contribution is 5.34. The summed E-state index contributed by atoms with van der Waals surface area (Å²) in [6.07, 6.45) is 0. The summed E-state index contributed by atoms with van der Waals surface area (Å²) in [5.74, 6) is 2.33. The lowest BCUT2D eigenvalue weighted by Crippen LogP contribution is -2.05. The zero-order chi connectivity index (χ0) is 13.0. The number of hydrogen-bond acceptors (Lipinski definition) is 4. The number of aromatic nitrogens is 2. The van der Waals surface area contributed by atoms with Crippen molar-refractivity contribution in [1.29, 1.82) is 0 Å². The quantitative estimate of drug-likeness (QED) is 0.897. The molecule has 1 aromatic heterocycles. The molecule has 0 aliphatic rings. The number of aryl methyl sites for hydroxylation is 2. The third-order valence-electron chi connectivity index (χ3n) is 2.51. The Kier molecular flexibility index (Phi) is 3.77. The molecule has 0 saturated heterocycles. The van der Waals surface area contributed by atoms with E-state index in [0.29, 0.717) is 12.4 Å². The van der Waals surface area contributed by atoms with Gasteiger partial charge < -0.3 is 10.1 Å². The second-order valence-corrected chi connectivity index (χ2v) is 4.17. The van der Waals surface area contributed by atoms with Crippen molar-refractivity contribution in [3.63, 3.8) is 0 Å². The number of rotatable bonds is 4. The van der Waals surface area contributed by atoms with Crippen molar-refractivity contribution in [2.75, 3.05) is 12.4 Å². The molecule has 4 heteroatoms. The molecule has 94 valence electrons. The molecule has 0 amide bonds. The van der Waals surface area contributed by atoms with Gasteiger partial charge >= 0.3 is 0 Å². The first-order chi connectivity index (χ1) is 8.67. The van der Waals surface area contributed by atoms with Crippen molar-refractivity contribution >= 4 is 5.82 Å². The zero-order valence-corrected chi connectivity index (χ0v) is 10.9. The maximum atomic E-state index is 5.67. The van der Waals surface area contributed by atoms with Crippen LogP contribution in [0.15, 0.2) is 30.3 Å². The summed E-state index contributed by atoms with van der Waals surface area (Å²) in [6, 6.07) is 9.84. The minimum Gasteiger partial charge on any atom is -0.486 e. The zero-order valence-electron chi connectivity index (χ0n) is 10.9. The Balaban J connectivity index is 2.08. The fourth-order valence-electron chi connectivity index (χ4n) is 1.68. The maximum Gasteiger partial charge on any atom is 0.168 e. The Bertz CT molecular complexity index is 540. The van der Waals surface area contributed by atoms with E-state index in [9.17, 15) is 0 Å². The molecular formula is C14H17N3O. The van der Waals surface area contributed by atoms with E-state index in [1.807, 2.05) is 51.2 Å². The van der Waals surface area contributed by atoms with Gasteiger partial charge in [0, 0.05) is 18.8 Å². The van der Waals surface area contributed by atoms with E-state index in [1.165, 1.54) is 5.56 Å². The highest BCUT2D eigenvalue weighted by Gasteiger charge is 2.02. The van der Waals surface area contributed by atoms with Crippen molar-refractivity contribution < 1.29 is 4.74 Å². The van der Waals surface area contributed by atoms with Crippen LogP contribution >= 0.6 is 0 Å². The molecule has 0 unspecified atom stereocenters. The van der Waals surface area contributed by atoms with Crippen molar-refractivity contribution in [3.05, 3.63) is 47.4 Å². The van der Waals surface area contributed by atoms with Crippen LogP contribution in [-0.2, 0) is 6.61 Å². The first-order valence-corrected chi connectivity index (χ1v) is 5.89. The summed E-state index contributed by atoms with van der Waals surface area (Å²) in [5, 5.41) is 3.01. The molecule has 0 atom stereocenters. The highest BCUT2D eigenvalue weighted by Crippen LogP contribution is 2.14. The van der Waals surface area contributed by atoms with Gasteiger partial charge in [-0.15, -0.1) is 0 Å². The van der Waals surface area contributed by atoms with E-state index in [4.69, 9.17) is 4.74 Å². The van der Waals surface area contributed by atoms with Crippen LogP contribution in [0.5, 0.6) is 5.75 Å². The SMILES string of the molecule is CNc1cc(C)nc(COc2cccc(C)c2)n1. The Morgan fingerprint density at radius 3 is 2.72 bits per heavy atom.